The minimum Gasteiger partial charge on any atom is -0.353 e. The SMILES string of the molecule is CC(=Cc1ccccc1)CN1CCN(c2cncc3ncnn23)CC1. The van der Waals surface area contributed by atoms with Crippen molar-refractivity contribution in [3.05, 3.63) is 60.2 Å². The molecule has 1 aliphatic heterocycles. The second-order valence-electron chi connectivity index (χ2n) is 6.46. The first-order chi connectivity index (χ1) is 12.3. The molecule has 0 bridgehead atoms. The fourth-order valence-electron chi connectivity index (χ4n) is 3.32. The molecule has 1 fully saturated rings. The van der Waals surface area contributed by atoms with Gasteiger partial charge in [0.25, 0.3) is 0 Å². The van der Waals surface area contributed by atoms with Crippen LogP contribution in [-0.2, 0) is 0 Å². The number of piperazine rings is 1. The van der Waals surface area contributed by atoms with Crippen LogP contribution in [-0.4, -0.2) is 57.2 Å². The summed E-state index contributed by atoms with van der Waals surface area (Å²) in [5.74, 6) is 1.02. The molecular formula is C19H22N6. The third-order valence-corrected chi connectivity index (χ3v) is 4.55. The van der Waals surface area contributed by atoms with Crippen LogP contribution in [0.4, 0.5) is 5.82 Å². The molecule has 1 aromatic carbocycles. The lowest BCUT2D eigenvalue weighted by atomic mass is 10.1. The molecule has 0 spiro atoms. The number of benzene rings is 1. The maximum absolute atomic E-state index is 4.31. The van der Waals surface area contributed by atoms with Gasteiger partial charge in [-0.1, -0.05) is 42.0 Å². The Kier molecular flexibility index (Phi) is 4.43. The van der Waals surface area contributed by atoms with E-state index in [9.17, 15) is 0 Å². The van der Waals surface area contributed by atoms with Crippen molar-refractivity contribution in [2.75, 3.05) is 37.6 Å². The first-order valence-electron chi connectivity index (χ1n) is 8.63. The minimum absolute atomic E-state index is 0.793. The lowest BCUT2D eigenvalue weighted by molar-refractivity contribution is 0.277. The number of aromatic nitrogens is 4. The predicted octanol–water partition coefficient (Wildman–Crippen LogP) is 2.35. The van der Waals surface area contributed by atoms with E-state index in [1.807, 2.05) is 10.7 Å². The van der Waals surface area contributed by atoms with Crippen LogP contribution < -0.4 is 4.90 Å². The molecular weight excluding hydrogens is 312 g/mol. The van der Waals surface area contributed by atoms with Gasteiger partial charge in [-0.3, -0.25) is 9.88 Å². The Bertz CT molecular complexity index is 862. The lowest BCUT2D eigenvalue weighted by Gasteiger charge is -2.35. The molecule has 0 atom stereocenters. The summed E-state index contributed by atoms with van der Waals surface area (Å²) >= 11 is 0. The third kappa shape index (κ3) is 3.53. The number of rotatable bonds is 4. The van der Waals surface area contributed by atoms with E-state index in [0.717, 1.165) is 44.2 Å². The summed E-state index contributed by atoms with van der Waals surface area (Å²) in [5.41, 5.74) is 3.45. The summed E-state index contributed by atoms with van der Waals surface area (Å²) in [6, 6.07) is 10.5. The van der Waals surface area contributed by atoms with E-state index < -0.39 is 0 Å². The van der Waals surface area contributed by atoms with Crippen LogP contribution in [0.2, 0.25) is 0 Å². The lowest BCUT2D eigenvalue weighted by Crippen LogP contribution is -2.47. The molecule has 3 aromatic rings. The van der Waals surface area contributed by atoms with Gasteiger partial charge in [0.2, 0.25) is 0 Å². The largest absolute Gasteiger partial charge is 0.353 e. The van der Waals surface area contributed by atoms with Crippen molar-refractivity contribution in [2.24, 2.45) is 0 Å². The predicted molar refractivity (Wildman–Crippen MR) is 99.5 cm³/mol. The van der Waals surface area contributed by atoms with Gasteiger partial charge in [0, 0.05) is 32.7 Å². The Morgan fingerprint density at radius 3 is 2.68 bits per heavy atom. The molecule has 2 aromatic heterocycles. The summed E-state index contributed by atoms with van der Waals surface area (Å²) in [6.07, 6.45) is 7.46. The number of hydrogen-bond donors (Lipinski definition) is 0. The van der Waals surface area contributed by atoms with Gasteiger partial charge < -0.3 is 4.90 Å². The molecule has 0 amide bonds. The van der Waals surface area contributed by atoms with Crippen LogP contribution in [0.25, 0.3) is 11.7 Å². The highest BCUT2D eigenvalue weighted by atomic mass is 15.4. The van der Waals surface area contributed by atoms with E-state index in [2.05, 4.69) is 68.2 Å². The Balaban J connectivity index is 1.38. The zero-order valence-electron chi connectivity index (χ0n) is 14.4. The molecule has 0 aliphatic carbocycles. The van der Waals surface area contributed by atoms with Crippen molar-refractivity contribution in [3.8, 4) is 0 Å². The third-order valence-electron chi connectivity index (χ3n) is 4.55. The molecule has 1 saturated heterocycles. The number of hydrogen-bond acceptors (Lipinski definition) is 5. The standard InChI is InChI=1S/C19H22N6/c1-16(11-17-5-3-2-4-6-17)14-23-7-9-24(10-8-23)19-13-20-12-18-21-15-22-25(18)19/h2-6,11-13,15H,7-10,14H2,1H3. The van der Waals surface area contributed by atoms with Gasteiger partial charge in [-0.2, -0.15) is 9.61 Å². The zero-order chi connectivity index (χ0) is 17.1. The van der Waals surface area contributed by atoms with Crippen molar-refractivity contribution in [1.29, 1.82) is 0 Å². The molecule has 3 heterocycles. The van der Waals surface area contributed by atoms with Gasteiger partial charge in [0.15, 0.2) is 11.5 Å². The van der Waals surface area contributed by atoms with Gasteiger partial charge in [-0.05, 0) is 12.5 Å². The molecule has 1 aliphatic rings. The van der Waals surface area contributed by atoms with E-state index in [4.69, 9.17) is 0 Å². The number of fused-ring (bicyclic) bond motifs is 1. The van der Waals surface area contributed by atoms with Crippen LogP contribution >= 0.6 is 0 Å². The van der Waals surface area contributed by atoms with Crippen LogP contribution in [0.3, 0.4) is 0 Å². The quantitative estimate of drug-likeness (QED) is 0.733. The van der Waals surface area contributed by atoms with Crippen molar-refractivity contribution in [3.63, 3.8) is 0 Å². The minimum atomic E-state index is 0.793. The summed E-state index contributed by atoms with van der Waals surface area (Å²) in [5, 5.41) is 4.31. The Hall–Kier alpha value is -2.73. The van der Waals surface area contributed by atoms with E-state index in [1.165, 1.54) is 11.1 Å². The van der Waals surface area contributed by atoms with Gasteiger partial charge >= 0.3 is 0 Å². The van der Waals surface area contributed by atoms with Gasteiger partial charge in [0.1, 0.15) is 6.33 Å². The molecule has 0 unspecified atom stereocenters. The van der Waals surface area contributed by atoms with Gasteiger partial charge in [-0.25, -0.2) is 4.98 Å². The zero-order valence-corrected chi connectivity index (χ0v) is 14.4. The monoisotopic (exact) mass is 334 g/mol. The average Bonchev–Trinajstić information content (AvgIpc) is 3.12. The second-order valence-corrected chi connectivity index (χ2v) is 6.46. The average molecular weight is 334 g/mol. The van der Waals surface area contributed by atoms with Crippen molar-refractivity contribution in [2.45, 2.75) is 6.92 Å². The fourth-order valence-corrected chi connectivity index (χ4v) is 3.32. The van der Waals surface area contributed by atoms with Crippen LogP contribution in [0.15, 0.2) is 54.6 Å². The van der Waals surface area contributed by atoms with E-state index in [1.54, 1.807) is 12.5 Å². The second kappa shape index (κ2) is 7.03. The summed E-state index contributed by atoms with van der Waals surface area (Å²) in [7, 11) is 0. The number of anilines is 1. The van der Waals surface area contributed by atoms with Gasteiger partial charge in [-0.15, -0.1) is 0 Å². The van der Waals surface area contributed by atoms with Gasteiger partial charge in [0.05, 0.1) is 12.4 Å². The van der Waals surface area contributed by atoms with E-state index in [-0.39, 0.29) is 0 Å². The molecule has 4 rings (SSSR count). The molecule has 128 valence electrons. The smallest absolute Gasteiger partial charge is 0.175 e. The maximum atomic E-state index is 4.31. The highest BCUT2D eigenvalue weighted by Crippen LogP contribution is 2.16. The Morgan fingerprint density at radius 1 is 1.08 bits per heavy atom. The van der Waals surface area contributed by atoms with E-state index in [0.29, 0.717) is 0 Å². The van der Waals surface area contributed by atoms with Crippen LogP contribution in [0.1, 0.15) is 12.5 Å². The molecule has 6 nitrogen and oxygen atoms in total. The highest BCUT2D eigenvalue weighted by molar-refractivity contribution is 5.52. The molecule has 0 N–H and O–H groups in total. The molecule has 25 heavy (non-hydrogen) atoms. The first kappa shape index (κ1) is 15.8. The summed E-state index contributed by atoms with van der Waals surface area (Å²) in [4.78, 5) is 13.3. The summed E-state index contributed by atoms with van der Waals surface area (Å²) in [6.45, 7) is 7.22. The van der Waals surface area contributed by atoms with E-state index >= 15 is 0 Å². The van der Waals surface area contributed by atoms with Crippen LogP contribution in [0, 0.1) is 0 Å². The topological polar surface area (TPSA) is 49.6 Å². The molecule has 0 saturated carbocycles. The Morgan fingerprint density at radius 2 is 1.88 bits per heavy atom. The van der Waals surface area contributed by atoms with Crippen molar-refractivity contribution >= 4 is 17.5 Å². The molecule has 6 heteroatoms. The van der Waals surface area contributed by atoms with Crippen molar-refractivity contribution < 1.29 is 0 Å². The fraction of sp³-hybridized carbons (Fsp3) is 0.316. The maximum Gasteiger partial charge on any atom is 0.175 e. The van der Waals surface area contributed by atoms with Crippen LogP contribution in [0.5, 0.6) is 0 Å². The Labute approximate surface area is 147 Å². The number of nitrogens with zero attached hydrogens (tertiary/aromatic N) is 6. The van der Waals surface area contributed by atoms with Crippen molar-refractivity contribution in [1.82, 2.24) is 24.5 Å². The normalized spacial score (nSPS) is 16.5. The first-order valence-corrected chi connectivity index (χ1v) is 8.63. The summed E-state index contributed by atoms with van der Waals surface area (Å²) < 4.78 is 1.86. The highest BCUT2D eigenvalue weighted by Gasteiger charge is 2.19. The molecule has 0 radical (unpaired) electrons.